The number of hydrogen-bond donors (Lipinski definition) is 3. The highest BCUT2D eigenvalue weighted by Gasteiger charge is 2.20. The molecule has 4 rings (SSSR count). The van der Waals surface area contributed by atoms with Crippen molar-refractivity contribution in [2.75, 3.05) is 38.6 Å². The summed E-state index contributed by atoms with van der Waals surface area (Å²) in [5.41, 5.74) is 13.7. The first kappa shape index (κ1) is 19.8. The predicted molar refractivity (Wildman–Crippen MR) is 112 cm³/mol. The van der Waals surface area contributed by atoms with Crippen LogP contribution in [0, 0.1) is 0 Å². The Morgan fingerprint density at radius 2 is 1.97 bits per heavy atom. The van der Waals surface area contributed by atoms with E-state index in [9.17, 15) is 9.50 Å². The van der Waals surface area contributed by atoms with Crippen molar-refractivity contribution in [3.8, 4) is 17.0 Å². The van der Waals surface area contributed by atoms with Crippen LogP contribution in [-0.2, 0) is 11.4 Å². The Morgan fingerprint density at radius 3 is 2.73 bits per heavy atom. The van der Waals surface area contributed by atoms with Crippen molar-refractivity contribution in [1.82, 2.24) is 14.9 Å². The fourth-order valence-corrected chi connectivity index (χ4v) is 3.33. The maximum atomic E-state index is 13.5. The summed E-state index contributed by atoms with van der Waals surface area (Å²) >= 11 is 0. The Bertz CT molecular complexity index is 1050. The number of aromatic hydroxyl groups is 1. The zero-order chi connectivity index (χ0) is 21.1. The van der Waals surface area contributed by atoms with Gasteiger partial charge in [0.05, 0.1) is 31.2 Å². The molecule has 0 amide bonds. The highest BCUT2D eigenvalue weighted by Crippen LogP contribution is 2.29. The van der Waals surface area contributed by atoms with Gasteiger partial charge >= 0.3 is 0 Å². The first-order chi connectivity index (χ1) is 14.6. The Labute approximate surface area is 172 Å². The summed E-state index contributed by atoms with van der Waals surface area (Å²) in [7, 11) is 0. The summed E-state index contributed by atoms with van der Waals surface area (Å²) in [5.74, 6) is 1.05. The molecule has 2 aromatic rings. The van der Waals surface area contributed by atoms with Crippen LogP contribution in [0.3, 0.4) is 0 Å². The summed E-state index contributed by atoms with van der Waals surface area (Å²) < 4.78 is 18.9. The number of aliphatic imine (C=N–C) groups is 2. The van der Waals surface area contributed by atoms with Gasteiger partial charge in [0.2, 0.25) is 0 Å². The van der Waals surface area contributed by atoms with Crippen LogP contribution in [0.5, 0.6) is 5.75 Å². The minimum atomic E-state index is -0.778. The summed E-state index contributed by atoms with van der Waals surface area (Å²) in [6, 6.07) is 4.73. The molecule has 0 unspecified atom stereocenters. The second-order valence-corrected chi connectivity index (χ2v) is 6.83. The molecule has 0 bridgehead atoms. The van der Waals surface area contributed by atoms with Gasteiger partial charge in [-0.15, -0.1) is 0 Å². The van der Waals surface area contributed by atoms with Gasteiger partial charge in [-0.25, -0.2) is 19.4 Å². The second kappa shape index (κ2) is 8.46. The lowest BCUT2D eigenvalue weighted by atomic mass is 10.1. The molecular formula is C20H22FN7O2. The van der Waals surface area contributed by atoms with Gasteiger partial charge in [0.25, 0.3) is 0 Å². The SMILES string of the molecule is NC1=NC(N2CCOCC2)=CC(c2nc(-c3ccnc(N)c3CF)ccc2O)=NC1. The van der Waals surface area contributed by atoms with Gasteiger partial charge in [0.1, 0.15) is 35.6 Å². The fraction of sp³-hybridized carbons (Fsp3) is 0.300. The number of nitrogens with two attached hydrogens (primary N) is 2. The number of morpholine rings is 1. The number of rotatable bonds is 4. The molecule has 30 heavy (non-hydrogen) atoms. The fourth-order valence-electron chi connectivity index (χ4n) is 3.33. The van der Waals surface area contributed by atoms with Crippen LogP contribution < -0.4 is 11.5 Å². The molecule has 0 spiro atoms. The van der Waals surface area contributed by atoms with Crippen LogP contribution in [0.15, 0.2) is 46.3 Å². The normalized spacial score (nSPS) is 17.1. The number of nitrogens with zero attached hydrogens (tertiary/aromatic N) is 5. The van der Waals surface area contributed by atoms with Crippen molar-refractivity contribution in [3.05, 3.63) is 47.6 Å². The molecule has 4 heterocycles. The molecule has 2 aromatic heterocycles. The number of allylic oxidation sites excluding steroid dienone is 1. The quantitative estimate of drug-likeness (QED) is 0.689. The molecule has 0 aromatic carbocycles. The topological polar surface area (TPSA) is 135 Å². The van der Waals surface area contributed by atoms with Crippen LogP contribution in [-0.4, -0.2) is 64.4 Å². The molecule has 1 saturated heterocycles. The number of nitrogen functional groups attached to an aromatic ring is 1. The van der Waals surface area contributed by atoms with E-state index in [0.717, 1.165) is 0 Å². The van der Waals surface area contributed by atoms with E-state index in [1.54, 1.807) is 18.2 Å². The molecular weight excluding hydrogens is 389 g/mol. The molecule has 0 atom stereocenters. The van der Waals surface area contributed by atoms with Gasteiger partial charge in [-0.05, 0) is 18.2 Å². The molecule has 9 nitrogen and oxygen atoms in total. The number of aromatic nitrogens is 2. The Morgan fingerprint density at radius 1 is 1.17 bits per heavy atom. The highest BCUT2D eigenvalue weighted by molar-refractivity contribution is 6.11. The van der Waals surface area contributed by atoms with Crippen LogP contribution in [0.1, 0.15) is 11.3 Å². The van der Waals surface area contributed by atoms with E-state index < -0.39 is 6.67 Å². The van der Waals surface area contributed by atoms with Gasteiger partial charge in [-0.1, -0.05) is 0 Å². The summed E-state index contributed by atoms with van der Waals surface area (Å²) in [4.78, 5) is 19.4. The second-order valence-electron chi connectivity index (χ2n) is 6.83. The van der Waals surface area contributed by atoms with Crippen molar-refractivity contribution in [2.45, 2.75) is 6.67 Å². The van der Waals surface area contributed by atoms with Gasteiger partial charge in [-0.3, -0.25) is 4.99 Å². The van der Waals surface area contributed by atoms with Crippen LogP contribution >= 0.6 is 0 Å². The summed E-state index contributed by atoms with van der Waals surface area (Å²) in [6.45, 7) is 1.92. The van der Waals surface area contributed by atoms with Gasteiger partial charge in [0.15, 0.2) is 0 Å². The van der Waals surface area contributed by atoms with E-state index >= 15 is 0 Å². The standard InChI is InChI=1S/C20H22FN7O2/c21-10-13-12(3-4-24-20(13)23)14-1-2-16(29)19(26-14)15-9-18(27-17(22)11-25-15)28-5-7-30-8-6-28/h1-4,9,29H,5-8,10-11H2,(H2,22,27)(H2,23,24). The molecule has 0 saturated carbocycles. The van der Waals surface area contributed by atoms with Crippen LogP contribution in [0.4, 0.5) is 10.2 Å². The van der Waals surface area contributed by atoms with E-state index in [2.05, 4.69) is 20.0 Å². The maximum Gasteiger partial charge on any atom is 0.143 e. The van der Waals surface area contributed by atoms with Crippen molar-refractivity contribution >= 4 is 17.4 Å². The maximum absolute atomic E-state index is 13.5. The largest absolute Gasteiger partial charge is 0.506 e. The zero-order valence-corrected chi connectivity index (χ0v) is 16.3. The van der Waals surface area contributed by atoms with E-state index in [4.69, 9.17) is 16.2 Å². The van der Waals surface area contributed by atoms with Gasteiger partial charge in [-0.2, -0.15) is 0 Å². The molecule has 2 aliphatic heterocycles. The minimum Gasteiger partial charge on any atom is -0.506 e. The summed E-state index contributed by atoms with van der Waals surface area (Å²) in [6.07, 6.45) is 3.24. The number of hydrogen-bond acceptors (Lipinski definition) is 9. The van der Waals surface area contributed by atoms with Crippen molar-refractivity contribution in [1.29, 1.82) is 0 Å². The molecule has 0 aliphatic carbocycles. The Kier molecular flexibility index (Phi) is 5.57. The smallest absolute Gasteiger partial charge is 0.143 e. The highest BCUT2D eigenvalue weighted by atomic mass is 19.1. The lowest BCUT2D eigenvalue weighted by molar-refractivity contribution is 0.0532. The third kappa shape index (κ3) is 3.94. The Hall–Kier alpha value is -3.53. The van der Waals surface area contributed by atoms with E-state index in [0.29, 0.717) is 54.9 Å². The van der Waals surface area contributed by atoms with E-state index in [1.165, 1.54) is 12.3 Å². The van der Waals surface area contributed by atoms with Crippen molar-refractivity contribution in [3.63, 3.8) is 0 Å². The van der Waals surface area contributed by atoms with E-state index in [-0.39, 0.29) is 29.4 Å². The average molecular weight is 411 g/mol. The van der Waals surface area contributed by atoms with Crippen LogP contribution in [0.25, 0.3) is 11.3 Å². The first-order valence-electron chi connectivity index (χ1n) is 9.48. The molecule has 1 fully saturated rings. The number of anilines is 1. The first-order valence-corrected chi connectivity index (χ1v) is 9.48. The number of alkyl halides is 1. The van der Waals surface area contributed by atoms with Gasteiger partial charge in [0, 0.05) is 36.5 Å². The minimum absolute atomic E-state index is 0.0561. The molecule has 5 N–H and O–H groups in total. The average Bonchev–Trinajstić information content (AvgIpc) is 2.96. The third-order valence-corrected chi connectivity index (χ3v) is 4.89. The third-order valence-electron chi connectivity index (χ3n) is 4.89. The van der Waals surface area contributed by atoms with Crippen molar-refractivity contribution < 1.29 is 14.2 Å². The monoisotopic (exact) mass is 411 g/mol. The van der Waals surface area contributed by atoms with Crippen molar-refractivity contribution in [2.24, 2.45) is 15.7 Å². The van der Waals surface area contributed by atoms with Crippen LogP contribution in [0.2, 0.25) is 0 Å². The molecule has 2 aliphatic rings. The van der Waals surface area contributed by atoms with E-state index in [1.807, 2.05) is 4.90 Å². The molecule has 10 heteroatoms. The molecule has 0 radical (unpaired) electrons. The van der Waals surface area contributed by atoms with Gasteiger partial charge < -0.3 is 26.2 Å². The molecule has 156 valence electrons. The number of ether oxygens (including phenoxy) is 1. The lowest BCUT2D eigenvalue weighted by Crippen LogP contribution is -2.35. The number of pyridine rings is 2. The predicted octanol–water partition coefficient (Wildman–Crippen LogP) is 1.23. The number of amidine groups is 1. The summed E-state index contributed by atoms with van der Waals surface area (Å²) in [5, 5.41) is 10.5. The Balaban J connectivity index is 1.77. The lowest BCUT2D eigenvalue weighted by Gasteiger charge is -2.28. The number of halogens is 1. The zero-order valence-electron chi connectivity index (χ0n) is 16.3.